The Hall–Kier alpha value is -1.40. The minimum atomic E-state index is -0.0861. The number of carbonyl (C=O) groups is 1. The average molecular weight is 397 g/mol. The van der Waals surface area contributed by atoms with Gasteiger partial charge < -0.3 is 10.1 Å². The van der Waals surface area contributed by atoms with Crippen LogP contribution in [0.5, 0.6) is 5.75 Å². The van der Waals surface area contributed by atoms with Crippen molar-refractivity contribution in [2.75, 3.05) is 7.11 Å². The normalized spacial score (nSPS) is 10.9. The molecule has 6 heteroatoms. The van der Waals surface area contributed by atoms with Crippen molar-refractivity contribution in [3.8, 4) is 5.75 Å². The molecule has 1 aromatic carbocycles. The zero-order valence-electron chi connectivity index (χ0n) is 13.8. The summed E-state index contributed by atoms with van der Waals surface area (Å²) in [5.41, 5.74) is 1.73. The molecule has 0 fully saturated rings. The van der Waals surface area contributed by atoms with E-state index in [9.17, 15) is 4.79 Å². The van der Waals surface area contributed by atoms with E-state index in [1.165, 1.54) is 11.3 Å². The number of amides is 1. The molecule has 1 aromatic heterocycles. The van der Waals surface area contributed by atoms with Crippen molar-refractivity contribution < 1.29 is 9.53 Å². The third-order valence-electron chi connectivity index (χ3n) is 3.31. The quantitative estimate of drug-likeness (QED) is 0.789. The Balaban J connectivity index is 2.08. The van der Waals surface area contributed by atoms with Gasteiger partial charge in [0.15, 0.2) is 0 Å². The minimum absolute atomic E-state index is 0.0861. The number of carbonyl (C=O) groups excluding carboxylic acids is 1. The molecular formula is C17H21BrN2O2S. The van der Waals surface area contributed by atoms with Gasteiger partial charge in [-0.3, -0.25) is 4.79 Å². The molecule has 0 saturated heterocycles. The predicted molar refractivity (Wildman–Crippen MR) is 97.3 cm³/mol. The monoisotopic (exact) mass is 396 g/mol. The molecule has 0 unspecified atom stereocenters. The van der Waals surface area contributed by atoms with Crippen LogP contribution in [0.25, 0.3) is 0 Å². The Morgan fingerprint density at radius 3 is 2.83 bits per heavy atom. The van der Waals surface area contributed by atoms with Crippen molar-refractivity contribution in [2.24, 2.45) is 5.92 Å². The SMILES string of the molecule is COc1ccc(Br)cc1CNC(=O)c1sc(CC(C)C)nc1C. The Labute approximate surface area is 149 Å². The molecule has 0 radical (unpaired) electrons. The summed E-state index contributed by atoms with van der Waals surface area (Å²) in [7, 11) is 1.63. The van der Waals surface area contributed by atoms with Crippen LogP contribution in [0.15, 0.2) is 22.7 Å². The Morgan fingerprint density at radius 1 is 1.43 bits per heavy atom. The van der Waals surface area contributed by atoms with Crippen molar-refractivity contribution in [3.05, 3.63) is 43.8 Å². The van der Waals surface area contributed by atoms with Crippen LogP contribution in [-0.4, -0.2) is 18.0 Å². The van der Waals surface area contributed by atoms with E-state index in [0.29, 0.717) is 17.3 Å². The van der Waals surface area contributed by atoms with Gasteiger partial charge in [0, 0.05) is 23.0 Å². The number of benzene rings is 1. The van der Waals surface area contributed by atoms with E-state index in [1.807, 2.05) is 25.1 Å². The number of nitrogens with zero attached hydrogens (tertiary/aromatic N) is 1. The van der Waals surface area contributed by atoms with Crippen LogP contribution in [0.1, 0.15) is 39.8 Å². The van der Waals surface area contributed by atoms with Crippen molar-refractivity contribution in [3.63, 3.8) is 0 Å². The van der Waals surface area contributed by atoms with Gasteiger partial charge in [-0.15, -0.1) is 11.3 Å². The van der Waals surface area contributed by atoms with Crippen molar-refractivity contribution in [2.45, 2.75) is 33.7 Å². The lowest BCUT2D eigenvalue weighted by molar-refractivity contribution is 0.0954. The van der Waals surface area contributed by atoms with E-state index >= 15 is 0 Å². The molecule has 23 heavy (non-hydrogen) atoms. The lowest BCUT2D eigenvalue weighted by Crippen LogP contribution is -2.22. The standard InChI is InChI=1S/C17H21BrN2O2S/c1-10(2)7-15-20-11(3)16(23-15)17(21)19-9-12-8-13(18)5-6-14(12)22-4/h5-6,8,10H,7,9H2,1-4H3,(H,19,21). The zero-order chi connectivity index (χ0) is 17.0. The molecule has 0 aliphatic rings. The van der Waals surface area contributed by atoms with Crippen LogP contribution in [0, 0.1) is 12.8 Å². The highest BCUT2D eigenvalue weighted by Crippen LogP contribution is 2.24. The van der Waals surface area contributed by atoms with Crippen LogP contribution in [0.4, 0.5) is 0 Å². The molecule has 2 rings (SSSR count). The first kappa shape index (κ1) is 17.9. The summed E-state index contributed by atoms with van der Waals surface area (Å²) >= 11 is 4.92. The number of aryl methyl sites for hydroxylation is 1. The molecule has 0 aliphatic heterocycles. The summed E-state index contributed by atoms with van der Waals surface area (Å²) in [6.07, 6.45) is 0.901. The number of nitrogens with one attached hydrogen (secondary N) is 1. The zero-order valence-corrected chi connectivity index (χ0v) is 16.2. The summed E-state index contributed by atoms with van der Waals surface area (Å²) < 4.78 is 6.28. The molecule has 4 nitrogen and oxygen atoms in total. The predicted octanol–water partition coefficient (Wildman–Crippen LogP) is 4.35. The van der Waals surface area contributed by atoms with E-state index in [4.69, 9.17) is 4.74 Å². The lowest BCUT2D eigenvalue weighted by atomic mass is 10.1. The largest absolute Gasteiger partial charge is 0.496 e. The van der Waals surface area contributed by atoms with E-state index in [1.54, 1.807) is 7.11 Å². The van der Waals surface area contributed by atoms with Gasteiger partial charge in [-0.25, -0.2) is 4.98 Å². The van der Waals surface area contributed by atoms with Crippen LogP contribution in [-0.2, 0) is 13.0 Å². The Bertz CT molecular complexity index is 698. The molecule has 1 N–H and O–H groups in total. The fourth-order valence-corrected chi connectivity index (χ4v) is 3.84. The second-order valence-corrected chi connectivity index (χ2v) is 7.76. The van der Waals surface area contributed by atoms with Gasteiger partial charge in [0.25, 0.3) is 5.91 Å². The van der Waals surface area contributed by atoms with Crippen LogP contribution in [0.3, 0.4) is 0 Å². The van der Waals surface area contributed by atoms with Gasteiger partial charge in [-0.05, 0) is 31.0 Å². The smallest absolute Gasteiger partial charge is 0.263 e. The fraction of sp³-hybridized carbons (Fsp3) is 0.412. The first-order valence-corrected chi connectivity index (χ1v) is 9.08. The number of hydrogen-bond acceptors (Lipinski definition) is 4. The molecule has 2 aromatic rings. The van der Waals surface area contributed by atoms with Gasteiger partial charge in [0.2, 0.25) is 0 Å². The van der Waals surface area contributed by atoms with Gasteiger partial charge in [0.1, 0.15) is 10.6 Å². The topological polar surface area (TPSA) is 51.2 Å². The number of rotatable bonds is 6. The highest BCUT2D eigenvalue weighted by atomic mass is 79.9. The molecule has 0 spiro atoms. The number of ether oxygens (including phenoxy) is 1. The molecule has 1 heterocycles. The highest BCUT2D eigenvalue weighted by molar-refractivity contribution is 9.10. The lowest BCUT2D eigenvalue weighted by Gasteiger charge is -2.10. The van der Waals surface area contributed by atoms with E-state index < -0.39 is 0 Å². The van der Waals surface area contributed by atoms with E-state index in [-0.39, 0.29) is 5.91 Å². The van der Waals surface area contributed by atoms with Gasteiger partial charge >= 0.3 is 0 Å². The third-order valence-corrected chi connectivity index (χ3v) is 4.98. The van der Waals surface area contributed by atoms with Crippen molar-refractivity contribution in [1.29, 1.82) is 0 Å². The highest BCUT2D eigenvalue weighted by Gasteiger charge is 2.16. The maximum Gasteiger partial charge on any atom is 0.263 e. The summed E-state index contributed by atoms with van der Waals surface area (Å²) in [6.45, 7) is 6.60. The van der Waals surface area contributed by atoms with Gasteiger partial charge in [-0.2, -0.15) is 0 Å². The maximum atomic E-state index is 12.4. The van der Waals surface area contributed by atoms with Crippen LogP contribution >= 0.6 is 27.3 Å². The summed E-state index contributed by atoms with van der Waals surface area (Å²) in [5, 5.41) is 3.97. The van der Waals surface area contributed by atoms with Gasteiger partial charge in [0.05, 0.1) is 17.8 Å². The summed E-state index contributed by atoms with van der Waals surface area (Å²) in [6, 6.07) is 5.74. The van der Waals surface area contributed by atoms with E-state index in [0.717, 1.165) is 32.9 Å². The van der Waals surface area contributed by atoms with Crippen LogP contribution < -0.4 is 10.1 Å². The molecule has 1 amide bonds. The van der Waals surface area contributed by atoms with Crippen molar-refractivity contribution in [1.82, 2.24) is 10.3 Å². The molecule has 0 aliphatic carbocycles. The Morgan fingerprint density at radius 2 is 2.17 bits per heavy atom. The molecule has 0 saturated carbocycles. The number of aromatic nitrogens is 1. The molecular weight excluding hydrogens is 376 g/mol. The number of thiazole rings is 1. The molecule has 0 bridgehead atoms. The summed E-state index contributed by atoms with van der Waals surface area (Å²) in [5.74, 6) is 1.20. The Kier molecular flexibility index (Phi) is 6.18. The maximum absolute atomic E-state index is 12.4. The molecule has 0 atom stereocenters. The van der Waals surface area contributed by atoms with E-state index in [2.05, 4.69) is 40.1 Å². The second kappa shape index (κ2) is 7.93. The minimum Gasteiger partial charge on any atom is -0.496 e. The fourth-order valence-electron chi connectivity index (χ4n) is 2.24. The van der Waals surface area contributed by atoms with Crippen LogP contribution in [0.2, 0.25) is 0 Å². The number of methoxy groups -OCH3 is 1. The third kappa shape index (κ3) is 4.78. The first-order valence-electron chi connectivity index (χ1n) is 7.47. The molecule has 124 valence electrons. The van der Waals surface area contributed by atoms with Crippen molar-refractivity contribution >= 4 is 33.2 Å². The average Bonchev–Trinajstić information content (AvgIpc) is 2.84. The second-order valence-electron chi connectivity index (χ2n) is 5.76. The summed E-state index contributed by atoms with van der Waals surface area (Å²) in [4.78, 5) is 17.6. The number of halogens is 1. The van der Waals surface area contributed by atoms with Gasteiger partial charge in [-0.1, -0.05) is 29.8 Å². The number of hydrogen-bond donors (Lipinski definition) is 1. The first-order chi connectivity index (χ1) is 10.9.